The summed E-state index contributed by atoms with van der Waals surface area (Å²) in [6.45, 7) is 9.17. The first-order valence-electron chi connectivity index (χ1n) is 12.1. The first kappa shape index (κ1) is 25.0. The maximum Gasteiger partial charge on any atom is 0.328 e. The molecule has 1 atom stereocenters. The number of piperidine rings is 1. The van der Waals surface area contributed by atoms with Crippen LogP contribution in [-0.4, -0.2) is 63.9 Å². The molecule has 2 saturated heterocycles. The summed E-state index contributed by atoms with van der Waals surface area (Å²) < 4.78 is 0. The molecule has 0 aliphatic carbocycles. The quantitative estimate of drug-likeness (QED) is 0.558. The molecule has 2 heterocycles. The average Bonchev–Trinajstić information content (AvgIpc) is 2.78. The van der Waals surface area contributed by atoms with Gasteiger partial charge in [-0.25, -0.2) is 4.79 Å². The zero-order valence-electron chi connectivity index (χ0n) is 20.0. The summed E-state index contributed by atoms with van der Waals surface area (Å²) in [6, 6.07) is 7.43. The van der Waals surface area contributed by atoms with Crippen molar-refractivity contribution >= 4 is 23.9 Å². The number of nitrogens with one attached hydrogen (secondary N) is 1. The monoisotopic (exact) mass is 455 g/mol. The Balaban J connectivity index is 1.66. The number of aliphatic carboxylic acids is 1. The Labute approximate surface area is 196 Å². The van der Waals surface area contributed by atoms with Gasteiger partial charge in [0.25, 0.3) is 0 Å². The summed E-state index contributed by atoms with van der Waals surface area (Å²) in [5.41, 5.74) is 1.25. The van der Waals surface area contributed by atoms with Gasteiger partial charge in [0.05, 0.1) is 0 Å². The smallest absolute Gasteiger partial charge is 0.328 e. The number of piperazine rings is 1. The number of benzene rings is 1. The number of amides is 2. The predicted octanol–water partition coefficient (Wildman–Crippen LogP) is 3.29. The molecule has 0 radical (unpaired) electrons. The lowest BCUT2D eigenvalue weighted by Crippen LogP contribution is -2.73. The van der Waals surface area contributed by atoms with Crippen LogP contribution in [0.4, 0.5) is 0 Å². The van der Waals surface area contributed by atoms with Crippen molar-refractivity contribution in [2.24, 2.45) is 5.92 Å². The molecule has 3 rings (SSSR count). The van der Waals surface area contributed by atoms with E-state index in [4.69, 9.17) is 5.11 Å². The molecule has 0 unspecified atom stereocenters. The standard InChI is InChI=1S/C26H37N3O4/c1-4-5-14-29-24(32)22(17-19(2)3)27-25(33)26(29)12-15-28(16-13-26)18-21-8-6-20(7-9-21)10-11-23(30)31/h6-11,19,22H,4-5,12-18H2,1-3H3,(H,27,33)(H,30,31)/b11-10+/t22-/m0/s1. The van der Waals surface area contributed by atoms with Crippen LogP contribution in [-0.2, 0) is 20.9 Å². The van der Waals surface area contributed by atoms with Gasteiger partial charge < -0.3 is 15.3 Å². The van der Waals surface area contributed by atoms with E-state index in [-0.39, 0.29) is 11.8 Å². The Morgan fingerprint density at radius 1 is 1.21 bits per heavy atom. The van der Waals surface area contributed by atoms with Crippen molar-refractivity contribution in [2.75, 3.05) is 19.6 Å². The number of hydrogen-bond acceptors (Lipinski definition) is 4. The number of carboxylic acid groups (broad SMARTS) is 1. The van der Waals surface area contributed by atoms with Crippen molar-refractivity contribution in [3.8, 4) is 0 Å². The molecule has 33 heavy (non-hydrogen) atoms. The number of nitrogens with zero attached hydrogens (tertiary/aromatic N) is 2. The van der Waals surface area contributed by atoms with Crippen LogP contribution < -0.4 is 5.32 Å². The van der Waals surface area contributed by atoms with Gasteiger partial charge >= 0.3 is 5.97 Å². The fraction of sp³-hybridized carbons (Fsp3) is 0.577. The minimum atomic E-state index is -0.963. The predicted molar refractivity (Wildman–Crippen MR) is 128 cm³/mol. The molecular weight excluding hydrogens is 418 g/mol. The van der Waals surface area contributed by atoms with E-state index in [0.717, 1.165) is 49.7 Å². The number of carbonyl (C=O) groups excluding carboxylic acids is 2. The molecule has 0 aromatic heterocycles. The highest BCUT2D eigenvalue weighted by molar-refractivity contribution is 6.00. The van der Waals surface area contributed by atoms with Crippen LogP contribution in [0, 0.1) is 5.92 Å². The van der Waals surface area contributed by atoms with Gasteiger partial charge in [-0.1, -0.05) is 51.5 Å². The average molecular weight is 456 g/mol. The second-order valence-corrected chi connectivity index (χ2v) is 9.72. The van der Waals surface area contributed by atoms with Crippen LogP contribution in [0.3, 0.4) is 0 Å². The Morgan fingerprint density at radius 3 is 2.45 bits per heavy atom. The largest absolute Gasteiger partial charge is 0.478 e. The van der Waals surface area contributed by atoms with Gasteiger partial charge in [-0.2, -0.15) is 0 Å². The van der Waals surface area contributed by atoms with Gasteiger partial charge in [0.2, 0.25) is 11.8 Å². The Morgan fingerprint density at radius 2 is 1.88 bits per heavy atom. The molecule has 7 nitrogen and oxygen atoms in total. The van der Waals surface area contributed by atoms with E-state index < -0.39 is 17.6 Å². The molecular formula is C26H37N3O4. The van der Waals surface area contributed by atoms with Crippen molar-refractivity contribution < 1.29 is 19.5 Å². The minimum Gasteiger partial charge on any atom is -0.478 e. The van der Waals surface area contributed by atoms with Crippen LogP contribution in [0.5, 0.6) is 0 Å². The van der Waals surface area contributed by atoms with Gasteiger partial charge in [-0.05, 0) is 48.8 Å². The Bertz CT molecular complexity index is 870. The lowest BCUT2D eigenvalue weighted by molar-refractivity contribution is -0.161. The van der Waals surface area contributed by atoms with E-state index in [9.17, 15) is 14.4 Å². The fourth-order valence-corrected chi connectivity index (χ4v) is 4.89. The maximum atomic E-state index is 13.3. The number of hydrogen-bond donors (Lipinski definition) is 2. The SMILES string of the molecule is CCCCN1C(=O)[C@H](CC(C)C)NC(=O)C12CCN(Cc1ccc(/C=C/C(=O)O)cc1)CC2. The topological polar surface area (TPSA) is 90.0 Å². The van der Waals surface area contributed by atoms with Gasteiger partial charge in [-0.15, -0.1) is 0 Å². The molecule has 0 saturated carbocycles. The molecule has 0 bridgehead atoms. The number of rotatable bonds is 9. The third kappa shape index (κ3) is 6.02. The van der Waals surface area contributed by atoms with E-state index in [1.54, 1.807) is 6.08 Å². The molecule has 1 aromatic carbocycles. The highest BCUT2D eigenvalue weighted by Crippen LogP contribution is 2.34. The van der Waals surface area contributed by atoms with Crippen molar-refractivity contribution in [3.63, 3.8) is 0 Å². The van der Waals surface area contributed by atoms with E-state index >= 15 is 0 Å². The molecule has 2 fully saturated rings. The number of carbonyl (C=O) groups is 3. The summed E-state index contributed by atoms with van der Waals surface area (Å²) in [5.74, 6) is -0.530. The first-order chi connectivity index (χ1) is 15.7. The third-order valence-corrected chi connectivity index (χ3v) is 6.74. The molecule has 1 aromatic rings. The van der Waals surface area contributed by atoms with Crippen LogP contribution >= 0.6 is 0 Å². The first-order valence-corrected chi connectivity index (χ1v) is 12.1. The van der Waals surface area contributed by atoms with E-state index in [2.05, 4.69) is 31.0 Å². The van der Waals surface area contributed by atoms with E-state index in [0.29, 0.717) is 31.7 Å². The van der Waals surface area contributed by atoms with Crippen molar-refractivity contribution in [1.29, 1.82) is 0 Å². The summed E-state index contributed by atoms with van der Waals surface area (Å²) in [5, 5.41) is 11.8. The van der Waals surface area contributed by atoms with Crippen LogP contribution in [0.1, 0.15) is 64.0 Å². The molecule has 2 N–H and O–H groups in total. The summed E-state index contributed by atoms with van der Waals surface area (Å²) in [7, 11) is 0. The zero-order valence-corrected chi connectivity index (χ0v) is 20.0. The molecule has 2 aliphatic heterocycles. The Kier molecular flexibility index (Phi) is 8.30. The number of carboxylic acids is 1. The van der Waals surface area contributed by atoms with Gasteiger partial charge in [0.15, 0.2) is 0 Å². The van der Waals surface area contributed by atoms with Crippen LogP contribution in [0.25, 0.3) is 6.08 Å². The van der Waals surface area contributed by atoms with Crippen LogP contribution in [0.15, 0.2) is 30.3 Å². The minimum absolute atomic E-state index is 0.0121. The molecule has 1 spiro atoms. The van der Waals surface area contributed by atoms with Gasteiger partial charge in [0.1, 0.15) is 11.6 Å². The summed E-state index contributed by atoms with van der Waals surface area (Å²) in [4.78, 5) is 41.6. The lowest BCUT2D eigenvalue weighted by atomic mass is 9.80. The summed E-state index contributed by atoms with van der Waals surface area (Å²) >= 11 is 0. The van der Waals surface area contributed by atoms with Crippen LogP contribution in [0.2, 0.25) is 0 Å². The lowest BCUT2D eigenvalue weighted by Gasteiger charge is -2.52. The second kappa shape index (κ2) is 11.0. The van der Waals surface area contributed by atoms with E-state index in [1.807, 2.05) is 29.2 Å². The van der Waals surface area contributed by atoms with Crippen molar-refractivity contribution in [1.82, 2.24) is 15.1 Å². The van der Waals surface area contributed by atoms with Crippen molar-refractivity contribution in [3.05, 3.63) is 41.5 Å². The summed E-state index contributed by atoms with van der Waals surface area (Å²) in [6.07, 6.45) is 6.55. The molecule has 2 amide bonds. The number of likely N-dealkylation sites (tertiary alicyclic amines) is 1. The zero-order chi connectivity index (χ0) is 24.0. The number of unbranched alkanes of at least 4 members (excludes halogenated alkanes) is 1. The normalized spacial score (nSPS) is 21.2. The van der Waals surface area contributed by atoms with Crippen molar-refractivity contribution in [2.45, 2.75) is 71.0 Å². The molecule has 2 aliphatic rings. The maximum absolute atomic E-state index is 13.3. The van der Waals surface area contributed by atoms with E-state index in [1.165, 1.54) is 0 Å². The Hall–Kier alpha value is -2.67. The third-order valence-electron chi connectivity index (χ3n) is 6.74. The molecule has 7 heteroatoms. The van der Waals surface area contributed by atoms with Gasteiger partial charge in [-0.3, -0.25) is 14.5 Å². The fourth-order valence-electron chi connectivity index (χ4n) is 4.89. The second-order valence-electron chi connectivity index (χ2n) is 9.72. The highest BCUT2D eigenvalue weighted by atomic mass is 16.4. The van der Waals surface area contributed by atoms with Gasteiger partial charge in [0, 0.05) is 32.3 Å². The molecule has 180 valence electrons. The highest BCUT2D eigenvalue weighted by Gasteiger charge is 2.53.